The molecule has 1 aromatic rings. The summed E-state index contributed by atoms with van der Waals surface area (Å²) in [5.41, 5.74) is 6.03. The van der Waals surface area contributed by atoms with Gasteiger partial charge < -0.3 is 24.8 Å². The average Bonchev–Trinajstić information content (AvgIpc) is 2.50. The van der Waals surface area contributed by atoms with Crippen LogP contribution in [0.2, 0.25) is 0 Å². The molecule has 0 saturated heterocycles. The van der Waals surface area contributed by atoms with E-state index >= 15 is 0 Å². The molecule has 0 aliphatic carbocycles. The highest BCUT2D eigenvalue weighted by molar-refractivity contribution is 5.97. The molecule has 1 aromatic carbocycles. The van der Waals surface area contributed by atoms with Crippen molar-refractivity contribution in [1.29, 1.82) is 0 Å². The van der Waals surface area contributed by atoms with Gasteiger partial charge in [0.05, 0.1) is 26.4 Å². The Labute approximate surface area is 119 Å². The predicted molar refractivity (Wildman–Crippen MR) is 76.4 cm³/mol. The molecule has 112 valence electrons. The summed E-state index contributed by atoms with van der Waals surface area (Å²) in [4.78, 5) is 14.2. The number of methoxy groups -OCH3 is 3. The maximum absolute atomic E-state index is 12.5. The Morgan fingerprint density at radius 3 is 2.50 bits per heavy atom. The van der Waals surface area contributed by atoms with Crippen LogP contribution in [0.3, 0.4) is 0 Å². The zero-order chi connectivity index (χ0) is 15.0. The van der Waals surface area contributed by atoms with Crippen LogP contribution in [0.4, 0.5) is 0 Å². The zero-order valence-corrected chi connectivity index (χ0v) is 12.2. The molecule has 6 nitrogen and oxygen atoms in total. The third-order valence-electron chi connectivity index (χ3n) is 2.89. The first-order chi connectivity index (χ1) is 9.67. The lowest BCUT2D eigenvalue weighted by Crippen LogP contribution is -2.37. The van der Waals surface area contributed by atoms with Crippen LogP contribution in [0.15, 0.2) is 18.2 Å². The quantitative estimate of drug-likeness (QED) is 0.761. The molecule has 1 rings (SSSR count). The third kappa shape index (κ3) is 4.11. The second-order valence-electron chi connectivity index (χ2n) is 4.14. The van der Waals surface area contributed by atoms with Crippen molar-refractivity contribution in [3.8, 4) is 11.5 Å². The number of carbonyl (C=O) groups excluding carboxylic acids is 1. The highest BCUT2D eigenvalue weighted by atomic mass is 16.5. The monoisotopic (exact) mass is 282 g/mol. The van der Waals surface area contributed by atoms with Gasteiger partial charge in [-0.05, 0) is 12.1 Å². The molecular formula is C14H22N2O4. The van der Waals surface area contributed by atoms with E-state index in [-0.39, 0.29) is 5.91 Å². The zero-order valence-electron chi connectivity index (χ0n) is 12.2. The molecule has 0 heterocycles. The van der Waals surface area contributed by atoms with E-state index in [0.717, 1.165) is 0 Å². The van der Waals surface area contributed by atoms with Crippen molar-refractivity contribution >= 4 is 5.91 Å². The van der Waals surface area contributed by atoms with Gasteiger partial charge in [-0.25, -0.2) is 0 Å². The fraction of sp³-hybridized carbons (Fsp3) is 0.500. The van der Waals surface area contributed by atoms with Gasteiger partial charge in [0.2, 0.25) is 0 Å². The van der Waals surface area contributed by atoms with Gasteiger partial charge in [-0.15, -0.1) is 0 Å². The normalized spacial score (nSPS) is 10.2. The molecule has 0 spiro atoms. The minimum absolute atomic E-state index is 0.132. The highest BCUT2D eigenvalue weighted by Gasteiger charge is 2.19. The van der Waals surface area contributed by atoms with E-state index < -0.39 is 0 Å². The van der Waals surface area contributed by atoms with E-state index in [2.05, 4.69) is 0 Å². The summed E-state index contributed by atoms with van der Waals surface area (Å²) in [6.07, 6.45) is 0. The SMILES string of the molecule is COCCN(CCN)C(=O)c1ccc(OC)cc1OC. The number of benzene rings is 1. The Kier molecular flexibility index (Phi) is 6.83. The lowest BCUT2D eigenvalue weighted by atomic mass is 10.1. The van der Waals surface area contributed by atoms with Crippen molar-refractivity contribution < 1.29 is 19.0 Å². The number of amides is 1. The number of carbonyl (C=O) groups is 1. The molecule has 0 fully saturated rings. The molecule has 0 unspecified atom stereocenters. The van der Waals surface area contributed by atoms with Crippen molar-refractivity contribution in [3.05, 3.63) is 23.8 Å². The van der Waals surface area contributed by atoms with Gasteiger partial charge >= 0.3 is 0 Å². The second-order valence-corrected chi connectivity index (χ2v) is 4.14. The van der Waals surface area contributed by atoms with Crippen LogP contribution in [0.25, 0.3) is 0 Å². The molecule has 2 N–H and O–H groups in total. The number of ether oxygens (including phenoxy) is 3. The van der Waals surface area contributed by atoms with E-state index in [1.54, 1.807) is 37.3 Å². The Hall–Kier alpha value is -1.79. The third-order valence-corrected chi connectivity index (χ3v) is 2.89. The van der Waals surface area contributed by atoms with Crippen molar-refractivity contribution in [1.82, 2.24) is 4.90 Å². The number of hydrogen-bond acceptors (Lipinski definition) is 5. The lowest BCUT2D eigenvalue weighted by Gasteiger charge is -2.22. The van der Waals surface area contributed by atoms with Crippen LogP contribution in [-0.4, -0.2) is 58.4 Å². The van der Waals surface area contributed by atoms with Crippen molar-refractivity contribution in [2.75, 3.05) is 47.6 Å². The number of nitrogens with zero attached hydrogens (tertiary/aromatic N) is 1. The number of hydrogen-bond donors (Lipinski definition) is 1. The van der Waals surface area contributed by atoms with E-state index in [9.17, 15) is 4.79 Å². The van der Waals surface area contributed by atoms with Crippen molar-refractivity contribution in [2.45, 2.75) is 0 Å². The fourth-order valence-corrected chi connectivity index (χ4v) is 1.82. The van der Waals surface area contributed by atoms with Gasteiger partial charge in [-0.2, -0.15) is 0 Å². The first-order valence-electron chi connectivity index (χ1n) is 6.38. The second kappa shape index (κ2) is 8.39. The Balaban J connectivity index is 2.97. The average molecular weight is 282 g/mol. The summed E-state index contributed by atoms with van der Waals surface area (Å²) in [6, 6.07) is 5.10. The van der Waals surface area contributed by atoms with E-state index in [1.807, 2.05) is 0 Å². The first kappa shape index (κ1) is 16.3. The summed E-state index contributed by atoms with van der Waals surface area (Å²) in [7, 11) is 4.68. The van der Waals surface area contributed by atoms with Crippen molar-refractivity contribution in [3.63, 3.8) is 0 Å². The maximum Gasteiger partial charge on any atom is 0.257 e. The summed E-state index contributed by atoms with van der Waals surface area (Å²) >= 11 is 0. The molecule has 6 heteroatoms. The van der Waals surface area contributed by atoms with Crippen LogP contribution in [0, 0.1) is 0 Å². The molecule has 0 saturated carbocycles. The molecule has 20 heavy (non-hydrogen) atoms. The first-order valence-corrected chi connectivity index (χ1v) is 6.38. The lowest BCUT2D eigenvalue weighted by molar-refractivity contribution is 0.0698. The van der Waals surface area contributed by atoms with E-state index in [4.69, 9.17) is 19.9 Å². The molecule has 0 atom stereocenters. The molecule has 0 radical (unpaired) electrons. The van der Waals surface area contributed by atoms with Crippen LogP contribution in [-0.2, 0) is 4.74 Å². The maximum atomic E-state index is 12.5. The van der Waals surface area contributed by atoms with Crippen LogP contribution in [0.1, 0.15) is 10.4 Å². The minimum atomic E-state index is -0.132. The van der Waals surface area contributed by atoms with Gasteiger partial charge in [0.25, 0.3) is 5.91 Å². The number of rotatable bonds is 8. The Bertz CT molecular complexity index is 437. The van der Waals surface area contributed by atoms with Crippen LogP contribution >= 0.6 is 0 Å². The minimum Gasteiger partial charge on any atom is -0.497 e. The number of nitrogens with two attached hydrogens (primary N) is 1. The summed E-state index contributed by atoms with van der Waals surface area (Å²) in [5.74, 6) is 0.987. The standard InChI is InChI=1S/C14H22N2O4/c1-18-9-8-16(7-6-15)14(17)12-5-4-11(19-2)10-13(12)20-3/h4-5,10H,6-9,15H2,1-3H3. The largest absolute Gasteiger partial charge is 0.497 e. The summed E-state index contributed by atoms with van der Waals surface area (Å²) in [6.45, 7) is 1.82. The Morgan fingerprint density at radius 1 is 1.20 bits per heavy atom. The fourth-order valence-electron chi connectivity index (χ4n) is 1.82. The summed E-state index contributed by atoms with van der Waals surface area (Å²) < 4.78 is 15.4. The van der Waals surface area contributed by atoms with Gasteiger partial charge in [0, 0.05) is 32.8 Å². The smallest absolute Gasteiger partial charge is 0.257 e. The highest BCUT2D eigenvalue weighted by Crippen LogP contribution is 2.25. The van der Waals surface area contributed by atoms with Gasteiger partial charge in [0.15, 0.2) is 0 Å². The molecule has 0 aromatic heterocycles. The van der Waals surface area contributed by atoms with Crippen molar-refractivity contribution in [2.24, 2.45) is 5.73 Å². The van der Waals surface area contributed by atoms with Gasteiger partial charge in [-0.3, -0.25) is 4.79 Å². The molecule has 0 bridgehead atoms. The molecule has 0 aliphatic rings. The van der Waals surface area contributed by atoms with E-state index in [1.165, 1.54) is 7.11 Å². The van der Waals surface area contributed by atoms with Gasteiger partial charge in [-0.1, -0.05) is 0 Å². The molecular weight excluding hydrogens is 260 g/mol. The van der Waals surface area contributed by atoms with Crippen LogP contribution < -0.4 is 15.2 Å². The van der Waals surface area contributed by atoms with Gasteiger partial charge in [0.1, 0.15) is 11.5 Å². The Morgan fingerprint density at radius 2 is 1.95 bits per heavy atom. The topological polar surface area (TPSA) is 74.0 Å². The van der Waals surface area contributed by atoms with E-state index in [0.29, 0.717) is 43.3 Å². The van der Waals surface area contributed by atoms with Crippen LogP contribution in [0.5, 0.6) is 11.5 Å². The molecule has 0 aliphatic heterocycles. The summed E-state index contributed by atoms with van der Waals surface area (Å²) in [5, 5.41) is 0. The predicted octanol–water partition coefficient (Wildman–Crippen LogP) is 0.751. The molecule has 1 amide bonds.